The first-order valence-electron chi connectivity index (χ1n) is 14.4. The molecule has 47 heavy (non-hydrogen) atoms. The fraction of sp³-hybridized carbons (Fsp3) is 0.111. The number of phenols is 1. The predicted octanol–water partition coefficient (Wildman–Crippen LogP) is 7.01. The Morgan fingerprint density at radius 3 is 2.06 bits per heavy atom. The number of ether oxygens (including phenoxy) is 2. The molecule has 0 radical (unpaired) electrons. The molecule has 0 saturated heterocycles. The van der Waals surface area contributed by atoms with Gasteiger partial charge in [0.15, 0.2) is 0 Å². The number of hydrogen-bond donors (Lipinski definition) is 4. The molecule has 0 bridgehead atoms. The number of aromatic carboxylic acids is 1. The van der Waals surface area contributed by atoms with Crippen molar-refractivity contribution in [2.75, 3.05) is 17.1 Å². The lowest BCUT2D eigenvalue weighted by molar-refractivity contribution is 0.0692. The van der Waals surface area contributed by atoms with Crippen molar-refractivity contribution in [1.29, 1.82) is 0 Å². The van der Waals surface area contributed by atoms with Crippen molar-refractivity contribution < 1.29 is 37.7 Å². The lowest BCUT2D eigenvalue weighted by Crippen LogP contribution is -2.14. The Labute approximate surface area is 272 Å². The van der Waals surface area contributed by atoms with Gasteiger partial charge in [-0.25, -0.2) is 13.2 Å². The number of rotatable bonds is 11. The van der Waals surface area contributed by atoms with Gasteiger partial charge in [0.1, 0.15) is 29.4 Å². The molecular formula is C36H32N2O8S. The van der Waals surface area contributed by atoms with Gasteiger partial charge in [-0.3, -0.25) is 9.52 Å². The van der Waals surface area contributed by atoms with Crippen LogP contribution in [0.25, 0.3) is 11.1 Å². The maximum absolute atomic E-state index is 13.1. The van der Waals surface area contributed by atoms with E-state index in [0.29, 0.717) is 28.3 Å². The van der Waals surface area contributed by atoms with E-state index in [4.69, 9.17) is 9.47 Å². The topological polar surface area (TPSA) is 151 Å². The van der Waals surface area contributed by atoms with E-state index in [1.54, 1.807) is 66.7 Å². The number of aryl methyl sites for hydroxylation is 2. The largest absolute Gasteiger partial charge is 0.508 e. The van der Waals surface area contributed by atoms with Crippen molar-refractivity contribution in [3.63, 3.8) is 0 Å². The Balaban J connectivity index is 1.23. The summed E-state index contributed by atoms with van der Waals surface area (Å²) in [4.78, 5) is 24.2. The number of phenolic OH excluding ortho intramolecular Hbond substituents is 1. The Morgan fingerprint density at radius 1 is 0.766 bits per heavy atom. The predicted molar refractivity (Wildman–Crippen MR) is 179 cm³/mol. The summed E-state index contributed by atoms with van der Waals surface area (Å²) in [5.74, 6) is -0.748. The van der Waals surface area contributed by atoms with Crippen LogP contribution in [-0.4, -0.2) is 37.6 Å². The van der Waals surface area contributed by atoms with Gasteiger partial charge in [-0.2, -0.15) is 0 Å². The minimum atomic E-state index is -4.11. The van der Waals surface area contributed by atoms with Gasteiger partial charge in [0, 0.05) is 16.9 Å². The van der Waals surface area contributed by atoms with Crippen molar-refractivity contribution >= 4 is 33.3 Å². The summed E-state index contributed by atoms with van der Waals surface area (Å²) in [6.45, 7) is 3.82. The highest BCUT2D eigenvalue weighted by molar-refractivity contribution is 7.92. The smallest absolute Gasteiger partial charge is 0.339 e. The van der Waals surface area contributed by atoms with E-state index in [1.807, 2.05) is 32.0 Å². The van der Waals surface area contributed by atoms with Gasteiger partial charge in [-0.15, -0.1) is 0 Å². The van der Waals surface area contributed by atoms with Crippen LogP contribution in [-0.2, 0) is 16.6 Å². The van der Waals surface area contributed by atoms with Crippen LogP contribution in [0.3, 0.4) is 0 Å². The molecule has 5 aromatic rings. The highest BCUT2D eigenvalue weighted by Crippen LogP contribution is 2.28. The van der Waals surface area contributed by atoms with Crippen molar-refractivity contribution in [2.24, 2.45) is 0 Å². The molecule has 0 heterocycles. The molecule has 0 aliphatic carbocycles. The van der Waals surface area contributed by atoms with Crippen LogP contribution in [0.4, 0.5) is 11.4 Å². The molecule has 5 rings (SSSR count). The quantitative estimate of drug-likeness (QED) is 0.119. The molecule has 10 nitrogen and oxygen atoms in total. The first kappa shape index (κ1) is 32.6. The molecular weight excluding hydrogens is 620 g/mol. The molecule has 11 heteroatoms. The molecule has 0 aromatic heterocycles. The zero-order valence-corrected chi connectivity index (χ0v) is 26.6. The van der Waals surface area contributed by atoms with Gasteiger partial charge in [0.25, 0.3) is 15.9 Å². The fourth-order valence-electron chi connectivity index (χ4n) is 4.96. The molecule has 4 N–H and O–H groups in total. The Bertz CT molecular complexity index is 2060. The van der Waals surface area contributed by atoms with E-state index in [2.05, 4.69) is 10.0 Å². The summed E-state index contributed by atoms with van der Waals surface area (Å²) in [6, 6.07) is 28.1. The van der Waals surface area contributed by atoms with E-state index in [-0.39, 0.29) is 34.5 Å². The van der Waals surface area contributed by atoms with Gasteiger partial charge < -0.3 is 25.0 Å². The average Bonchev–Trinajstić information content (AvgIpc) is 3.04. The number of carbonyl (C=O) groups is 2. The molecule has 5 aromatic carbocycles. The fourth-order valence-corrected chi connectivity index (χ4v) is 6.03. The van der Waals surface area contributed by atoms with Gasteiger partial charge in [-0.05, 0) is 114 Å². The summed E-state index contributed by atoms with van der Waals surface area (Å²) in [5.41, 5.74) is 5.24. The Kier molecular flexibility index (Phi) is 9.48. The molecule has 0 unspecified atom stereocenters. The van der Waals surface area contributed by atoms with Crippen LogP contribution in [0, 0.1) is 13.8 Å². The highest BCUT2D eigenvalue weighted by atomic mass is 32.2. The average molecular weight is 653 g/mol. The number of aromatic hydroxyl groups is 1. The molecule has 0 atom stereocenters. The van der Waals surface area contributed by atoms with E-state index >= 15 is 0 Å². The summed E-state index contributed by atoms with van der Waals surface area (Å²) in [6.07, 6.45) is 0. The molecule has 240 valence electrons. The number of anilines is 2. The second kappa shape index (κ2) is 13.7. The molecule has 0 fully saturated rings. The van der Waals surface area contributed by atoms with Gasteiger partial charge in [0.05, 0.1) is 12.0 Å². The number of nitrogens with one attached hydrogen (secondary N) is 2. The van der Waals surface area contributed by atoms with Crippen LogP contribution in [0.15, 0.2) is 108 Å². The first-order valence-corrected chi connectivity index (χ1v) is 15.9. The Morgan fingerprint density at radius 2 is 1.43 bits per heavy atom. The number of benzene rings is 5. The van der Waals surface area contributed by atoms with E-state index < -0.39 is 16.0 Å². The van der Waals surface area contributed by atoms with Crippen LogP contribution < -0.4 is 19.5 Å². The molecule has 0 spiro atoms. The normalized spacial score (nSPS) is 11.0. The second-order valence-electron chi connectivity index (χ2n) is 10.8. The summed E-state index contributed by atoms with van der Waals surface area (Å²) >= 11 is 0. The number of amides is 1. The van der Waals surface area contributed by atoms with E-state index in [1.165, 1.54) is 19.2 Å². The van der Waals surface area contributed by atoms with Crippen molar-refractivity contribution in [3.8, 4) is 28.4 Å². The Hall–Kier alpha value is -5.81. The van der Waals surface area contributed by atoms with E-state index in [0.717, 1.165) is 28.3 Å². The van der Waals surface area contributed by atoms with Crippen molar-refractivity contribution in [2.45, 2.75) is 25.3 Å². The van der Waals surface area contributed by atoms with Crippen LogP contribution in [0.5, 0.6) is 17.2 Å². The molecule has 0 aliphatic rings. The zero-order valence-electron chi connectivity index (χ0n) is 25.8. The number of carbonyl (C=O) groups excluding carboxylic acids is 1. The summed E-state index contributed by atoms with van der Waals surface area (Å²) < 4.78 is 39.8. The monoisotopic (exact) mass is 652 g/mol. The second-order valence-corrected chi connectivity index (χ2v) is 12.5. The summed E-state index contributed by atoms with van der Waals surface area (Å²) in [5, 5.41) is 21.8. The number of carboxylic acids is 1. The van der Waals surface area contributed by atoms with Crippen LogP contribution in [0.1, 0.15) is 37.4 Å². The van der Waals surface area contributed by atoms with Gasteiger partial charge in [0.2, 0.25) is 0 Å². The van der Waals surface area contributed by atoms with Crippen molar-refractivity contribution in [3.05, 3.63) is 131 Å². The molecule has 0 aliphatic heterocycles. The third-order valence-corrected chi connectivity index (χ3v) is 8.65. The van der Waals surface area contributed by atoms with E-state index in [9.17, 15) is 28.2 Å². The summed E-state index contributed by atoms with van der Waals surface area (Å²) in [7, 11) is -2.80. The van der Waals surface area contributed by atoms with Gasteiger partial charge in [-0.1, -0.05) is 30.3 Å². The number of carboxylic acid groups (broad SMARTS) is 1. The molecule has 0 saturated carbocycles. The number of sulfonamides is 1. The van der Waals surface area contributed by atoms with Crippen LogP contribution >= 0.6 is 0 Å². The highest BCUT2D eigenvalue weighted by Gasteiger charge is 2.20. The molecule has 1 amide bonds. The van der Waals surface area contributed by atoms with Crippen molar-refractivity contribution in [1.82, 2.24) is 0 Å². The van der Waals surface area contributed by atoms with Crippen LogP contribution in [0.2, 0.25) is 0 Å². The zero-order chi connectivity index (χ0) is 33.7. The maximum atomic E-state index is 13.1. The minimum absolute atomic E-state index is 0.0506. The lowest BCUT2D eigenvalue weighted by atomic mass is 10.0. The first-order chi connectivity index (χ1) is 22.4. The third kappa shape index (κ3) is 7.89. The minimum Gasteiger partial charge on any atom is -0.508 e. The third-order valence-electron chi connectivity index (χ3n) is 7.28. The standard InChI is InChI=1S/C36H32N2O8S/c1-22-16-24(19-29(17-22)38-47(43,44)31-13-15-34(45-3)32(20-31)36(41)42)21-46-33-14-10-28(18-23(33)2)37-35(40)27-6-4-25(5-7-27)26-8-11-30(39)12-9-26/h4-20,38-39H,21H2,1-3H3,(H,37,40)(H,41,42). The lowest BCUT2D eigenvalue weighted by Gasteiger charge is -2.14. The van der Waals surface area contributed by atoms with Gasteiger partial charge >= 0.3 is 5.97 Å². The maximum Gasteiger partial charge on any atom is 0.339 e. The SMILES string of the molecule is COc1ccc(S(=O)(=O)Nc2cc(C)cc(COc3ccc(NC(=O)c4ccc(-c5ccc(O)cc5)cc4)cc3C)c2)cc1C(=O)O. The number of methoxy groups -OCH3 is 1. The number of hydrogen-bond acceptors (Lipinski definition) is 7.